The molecule has 2 aliphatic heterocycles. The smallest absolute Gasteiger partial charge is 0.418 e. The fourth-order valence-electron chi connectivity index (χ4n) is 5.27. The number of nitrogens with one attached hydrogen (secondary N) is 3. The first kappa shape index (κ1) is 26.1. The first-order valence-electron chi connectivity index (χ1n) is 12.7. The van der Waals surface area contributed by atoms with Gasteiger partial charge in [-0.05, 0) is 49.5 Å². The molecule has 11 heteroatoms. The molecule has 0 bridgehead atoms. The summed E-state index contributed by atoms with van der Waals surface area (Å²) in [5.41, 5.74) is 0.533. The molecule has 0 saturated carbocycles. The summed E-state index contributed by atoms with van der Waals surface area (Å²) in [4.78, 5) is 9.72. The lowest BCUT2D eigenvalue weighted by Crippen LogP contribution is -2.45. The van der Waals surface area contributed by atoms with E-state index >= 15 is 0 Å². The van der Waals surface area contributed by atoms with Gasteiger partial charge in [-0.25, -0.2) is 4.98 Å². The second-order valence-electron chi connectivity index (χ2n) is 9.39. The molecule has 1 aromatic carbocycles. The van der Waals surface area contributed by atoms with Crippen molar-refractivity contribution in [1.82, 2.24) is 14.9 Å². The van der Waals surface area contributed by atoms with Crippen molar-refractivity contribution in [3.63, 3.8) is 0 Å². The van der Waals surface area contributed by atoms with Crippen molar-refractivity contribution in [3.8, 4) is 5.75 Å². The van der Waals surface area contributed by atoms with Crippen LogP contribution in [0.25, 0.3) is 11.0 Å². The quantitative estimate of drug-likeness (QED) is 0.354. The average Bonchev–Trinajstić information content (AvgIpc) is 3.35. The minimum Gasteiger partial charge on any atom is -0.495 e. The van der Waals surface area contributed by atoms with E-state index in [4.69, 9.17) is 9.47 Å². The van der Waals surface area contributed by atoms with Gasteiger partial charge in [-0.3, -0.25) is 4.90 Å². The summed E-state index contributed by atoms with van der Waals surface area (Å²) in [5.74, 6) is 1.13. The van der Waals surface area contributed by atoms with Gasteiger partial charge in [-0.15, -0.1) is 0 Å². The van der Waals surface area contributed by atoms with E-state index in [1.54, 1.807) is 13.2 Å². The molecule has 2 fully saturated rings. The van der Waals surface area contributed by atoms with Gasteiger partial charge in [0.15, 0.2) is 0 Å². The minimum atomic E-state index is -4.47. The van der Waals surface area contributed by atoms with Crippen molar-refractivity contribution >= 4 is 41.5 Å². The van der Waals surface area contributed by atoms with Crippen LogP contribution in [0.3, 0.4) is 0 Å². The molecule has 0 aliphatic carbocycles. The van der Waals surface area contributed by atoms with Gasteiger partial charge in [0.1, 0.15) is 17.2 Å². The average molecular weight is 536 g/mol. The molecule has 2 aliphatic rings. The monoisotopic (exact) mass is 535 g/mol. The minimum absolute atomic E-state index is 0.0390. The Bertz CT molecular complexity index is 1220. The summed E-state index contributed by atoms with van der Waals surface area (Å²) in [6.07, 6.45) is 1.08. The maximum absolute atomic E-state index is 13.5. The van der Waals surface area contributed by atoms with Gasteiger partial charge in [0.25, 0.3) is 0 Å². The number of alkyl halides is 3. The molecule has 3 N–H and O–H groups in total. The third-order valence-electron chi connectivity index (χ3n) is 7.15. The number of anilines is 3. The van der Waals surface area contributed by atoms with Gasteiger partial charge in [-0.2, -0.15) is 13.2 Å². The number of fused-ring (bicyclic) bond motifs is 1. The van der Waals surface area contributed by atoms with Gasteiger partial charge >= 0.3 is 6.18 Å². The maximum Gasteiger partial charge on any atom is 0.418 e. The van der Waals surface area contributed by atoms with Crippen molar-refractivity contribution in [1.29, 1.82) is 0 Å². The number of H-pyrrole nitrogens is 1. The van der Waals surface area contributed by atoms with Gasteiger partial charge in [0.05, 0.1) is 23.7 Å². The normalized spacial score (nSPS) is 18.3. The number of aromatic nitrogens is 2. The van der Waals surface area contributed by atoms with Crippen molar-refractivity contribution in [3.05, 3.63) is 36.0 Å². The van der Waals surface area contributed by atoms with Crippen LogP contribution in [-0.4, -0.2) is 73.2 Å². The van der Waals surface area contributed by atoms with E-state index in [0.717, 1.165) is 51.0 Å². The highest BCUT2D eigenvalue weighted by Crippen LogP contribution is 2.42. The Hall–Kier alpha value is -2.55. The van der Waals surface area contributed by atoms with E-state index in [0.29, 0.717) is 29.8 Å². The number of methoxy groups -OCH3 is 1. The van der Waals surface area contributed by atoms with Gasteiger partial charge in [0.2, 0.25) is 0 Å². The molecule has 200 valence electrons. The lowest BCUT2D eigenvalue weighted by molar-refractivity contribution is -0.136. The van der Waals surface area contributed by atoms with Crippen LogP contribution in [0.1, 0.15) is 25.3 Å². The first-order valence-corrected chi connectivity index (χ1v) is 14.4. The number of ether oxygens (including phenoxy) is 2. The summed E-state index contributed by atoms with van der Waals surface area (Å²) < 4.78 is 51.8. The Kier molecular flexibility index (Phi) is 7.79. The fourth-order valence-corrected chi connectivity index (χ4v) is 7.59. The van der Waals surface area contributed by atoms with Crippen LogP contribution in [0.5, 0.6) is 5.75 Å². The van der Waals surface area contributed by atoms with Crippen molar-refractivity contribution in [2.75, 3.05) is 62.9 Å². The van der Waals surface area contributed by atoms with Crippen LogP contribution in [0, 0.1) is 0 Å². The van der Waals surface area contributed by atoms with Crippen molar-refractivity contribution in [2.45, 2.75) is 32.0 Å². The zero-order valence-corrected chi connectivity index (χ0v) is 22.0. The zero-order valence-electron chi connectivity index (χ0n) is 21.1. The molecule has 4 heterocycles. The summed E-state index contributed by atoms with van der Waals surface area (Å²) in [6.45, 7) is 6.29. The number of benzene rings is 1. The fraction of sp³-hybridized carbons (Fsp3) is 0.500. The molecular formula is C26H33F3N5O2P. The molecule has 5 rings (SSSR count). The van der Waals surface area contributed by atoms with Gasteiger partial charge < -0.3 is 25.1 Å². The van der Waals surface area contributed by atoms with Crippen molar-refractivity contribution < 1.29 is 22.6 Å². The molecule has 37 heavy (non-hydrogen) atoms. The standard InChI is InChI=1S/C26H33F3N5O2P/c1-3-30-21-15-23(33-25-24(21)19(16-31-25)26(27,28)29)32-20-5-4-18(14-22(20)35-2)37-12-8-34(9-13-37)17-6-10-36-11-7-17/h4-5,14-17H,3,6-13H2,1-2H3,(H3,30,31,32,33). The predicted molar refractivity (Wildman–Crippen MR) is 143 cm³/mol. The lowest BCUT2D eigenvalue weighted by atomic mass is 10.1. The van der Waals surface area contributed by atoms with Crippen LogP contribution >= 0.6 is 7.92 Å². The molecule has 3 aromatic rings. The second-order valence-corrected chi connectivity index (χ2v) is 11.9. The summed E-state index contributed by atoms with van der Waals surface area (Å²) in [5, 5.41) is 7.64. The van der Waals surface area contributed by atoms with Crippen molar-refractivity contribution in [2.24, 2.45) is 0 Å². The Morgan fingerprint density at radius 2 is 1.92 bits per heavy atom. The Morgan fingerprint density at radius 1 is 1.16 bits per heavy atom. The number of hydrogen-bond donors (Lipinski definition) is 3. The molecule has 0 amide bonds. The first-order chi connectivity index (χ1) is 17.9. The Balaban J connectivity index is 1.34. The van der Waals surface area contributed by atoms with E-state index in [-0.39, 0.29) is 19.0 Å². The highest BCUT2D eigenvalue weighted by atomic mass is 31.1. The number of rotatable bonds is 7. The van der Waals surface area contributed by atoms with Crippen LogP contribution in [0.4, 0.5) is 30.4 Å². The topological polar surface area (TPSA) is 74.4 Å². The second kappa shape index (κ2) is 11.1. The van der Waals surface area contributed by atoms with Gasteiger partial charge in [0, 0.05) is 56.8 Å². The van der Waals surface area contributed by atoms with E-state index in [2.05, 4.69) is 37.6 Å². The highest BCUT2D eigenvalue weighted by Gasteiger charge is 2.35. The van der Waals surface area contributed by atoms with E-state index < -0.39 is 11.7 Å². The van der Waals surface area contributed by atoms with Crippen LogP contribution in [0.15, 0.2) is 30.5 Å². The van der Waals surface area contributed by atoms with Crippen LogP contribution < -0.4 is 20.7 Å². The molecule has 0 spiro atoms. The highest BCUT2D eigenvalue weighted by molar-refractivity contribution is 7.65. The molecule has 0 atom stereocenters. The number of nitrogens with zero attached hydrogens (tertiary/aromatic N) is 2. The van der Waals surface area contributed by atoms with E-state index in [1.165, 1.54) is 17.6 Å². The summed E-state index contributed by atoms with van der Waals surface area (Å²) in [6, 6.07) is 8.48. The summed E-state index contributed by atoms with van der Waals surface area (Å²) in [7, 11) is 1.36. The number of pyridine rings is 1. The van der Waals surface area contributed by atoms with Crippen LogP contribution in [-0.2, 0) is 10.9 Å². The molecule has 0 unspecified atom stereocenters. The molecular weight excluding hydrogens is 502 g/mol. The zero-order chi connectivity index (χ0) is 26.0. The van der Waals surface area contributed by atoms with Gasteiger partial charge in [-0.1, -0.05) is 14.0 Å². The van der Waals surface area contributed by atoms with Crippen LogP contribution in [0.2, 0.25) is 0 Å². The predicted octanol–water partition coefficient (Wildman–Crippen LogP) is 5.37. The number of hydrogen-bond acceptors (Lipinski definition) is 6. The molecule has 2 saturated heterocycles. The molecule has 0 radical (unpaired) electrons. The third kappa shape index (κ3) is 5.66. The van der Waals surface area contributed by atoms with E-state index in [1.807, 2.05) is 13.0 Å². The number of aromatic amines is 1. The number of halogens is 3. The maximum atomic E-state index is 13.5. The largest absolute Gasteiger partial charge is 0.495 e. The Morgan fingerprint density at radius 3 is 2.59 bits per heavy atom. The van der Waals surface area contributed by atoms with E-state index in [9.17, 15) is 13.2 Å². The summed E-state index contributed by atoms with van der Waals surface area (Å²) >= 11 is 0. The third-order valence-corrected chi connectivity index (χ3v) is 9.64. The lowest BCUT2D eigenvalue weighted by Gasteiger charge is -2.39. The Labute approximate surface area is 215 Å². The molecule has 2 aromatic heterocycles. The SMILES string of the molecule is CCNc1cc(Nc2ccc(P3CCN(C4CCOCC4)CC3)cc2OC)nc2[nH]cc(C(F)(F)F)c12. The molecule has 7 nitrogen and oxygen atoms in total.